The van der Waals surface area contributed by atoms with Crippen molar-refractivity contribution in [3.63, 3.8) is 0 Å². The predicted molar refractivity (Wildman–Crippen MR) is 122 cm³/mol. The van der Waals surface area contributed by atoms with E-state index in [4.69, 9.17) is 9.57 Å². The molecule has 3 heterocycles. The van der Waals surface area contributed by atoms with Gasteiger partial charge in [0, 0.05) is 18.3 Å². The molecule has 3 aromatic rings. The largest absolute Gasteiger partial charge is 0.495 e. The number of imidazole rings is 1. The number of ether oxygens (including phenoxy) is 1. The first-order valence-corrected chi connectivity index (χ1v) is 10.9. The molecule has 0 aliphatic carbocycles. The summed E-state index contributed by atoms with van der Waals surface area (Å²) in [5, 5.41) is 15.2. The third-order valence-electron chi connectivity index (χ3n) is 6.14. The average molecular weight is 448 g/mol. The predicted octanol–water partition coefficient (Wildman–Crippen LogP) is 4.00. The lowest BCUT2D eigenvalue weighted by Gasteiger charge is -2.44. The quantitative estimate of drug-likeness (QED) is 0.639. The first kappa shape index (κ1) is 21.2. The van der Waals surface area contributed by atoms with Crippen molar-refractivity contribution in [1.29, 1.82) is 0 Å². The number of aromatic nitrogens is 2. The second kappa shape index (κ2) is 8.37. The fraction of sp³-hybridized carbons (Fsp3) is 0.280. The van der Waals surface area contributed by atoms with Gasteiger partial charge in [-0.15, -0.1) is 0 Å². The van der Waals surface area contributed by atoms with Gasteiger partial charge in [0.25, 0.3) is 5.72 Å². The topological polar surface area (TPSA) is 72.1 Å². The lowest BCUT2D eigenvalue weighted by Crippen LogP contribution is -2.57. The summed E-state index contributed by atoms with van der Waals surface area (Å²) in [4.78, 5) is 12.1. The van der Waals surface area contributed by atoms with Crippen LogP contribution in [0.4, 0.5) is 4.39 Å². The van der Waals surface area contributed by atoms with Crippen LogP contribution in [0, 0.1) is 12.7 Å². The molecule has 170 valence electrons. The molecule has 5 rings (SSSR count). The standard InChI is InChI=1S/C25H25FN4O3/c1-17-15-29(16-27-17)21-11-5-18(14-22(21)32-2)6-12-24-28-33-25(19-7-9-20(26)10-8-19)23(31)4-3-13-30(24)25/h5-12,14-16,23,31H,3-4,13H2,1-2H3/b12-6+/t23-,25+/m1/s1. The minimum Gasteiger partial charge on any atom is -0.495 e. The number of methoxy groups -OCH3 is 1. The summed E-state index contributed by atoms with van der Waals surface area (Å²) < 4.78 is 21.0. The Balaban J connectivity index is 1.43. The van der Waals surface area contributed by atoms with E-state index in [-0.39, 0.29) is 5.82 Å². The molecule has 33 heavy (non-hydrogen) atoms. The van der Waals surface area contributed by atoms with Crippen LogP contribution in [0.2, 0.25) is 0 Å². The van der Waals surface area contributed by atoms with Crippen LogP contribution in [0.5, 0.6) is 5.75 Å². The van der Waals surface area contributed by atoms with Crippen LogP contribution < -0.4 is 4.74 Å². The van der Waals surface area contributed by atoms with E-state index in [0.29, 0.717) is 30.1 Å². The minimum atomic E-state index is -1.15. The van der Waals surface area contributed by atoms with Crippen LogP contribution in [-0.2, 0) is 10.6 Å². The maximum Gasteiger partial charge on any atom is 0.263 e. The van der Waals surface area contributed by atoms with Crippen molar-refractivity contribution in [1.82, 2.24) is 14.5 Å². The maximum absolute atomic E-state index is 13.5. The number of oxime groups is 1. The summed E-state index contributed by atoms with van der Waals surface area (Å²) >= 11 is 0. The Hall–Kier alpha value is -3.65. The molecular weight excluding hydrogens is 423 g/mol. The Labute approximate surface area is 191 Å². The molecule has 2 aliphatic rings. The Bertz CT molecular complexity index is 1220. The summed E-state index contributed by atoms with van der Waals surface area (Å²) in [6, 6.07) is 11.9. The van der Waals surface area contributed by atoms with Crippen LogP contribution >= 0.6 is 0 Å². The Kier molecular flexibility index (Phi) is 5.38. The SMILES string of the molecule is COc1cc(/C=C/C2=NO[C@@]3(c4ccc(F)cc4)[C@H](O)CCCN23)ccc1-n1cnc(C)c1. The number of hydrogen-bond donors (Lipinski definition) is 1. The molecule has 0 amide bonds. The van der Waals surface area contributed by atoms with E-state index in [1.165, 1.54) is 12.1 Å². The molecule has 1 N–H and O–H groups in total. The number of piperidine rings is 1. The Morgan fingerprint density at radius 1 is 1.21 bits per heavy atom. The highest BCUT2D eigenvalue weighted by atomic mass is 19.1. The van der Waals surface area contributed by atoms with Crippen molar-refractivity contribution in [3.8, 4) is 11.4 Å². The highest BCUT2D eigenvalue weighted by Crippen LogP contribution is 2.43. The molecule has 2 aromatic carbocycles. The zero-order valence-corrected chi connectivity index (χ0v) is 18.5. The number of benzene rings is 2. The van der Waals surface area contributed by atoms with Gasteiger partial charge in [-0.3, -0.25) is 0 Å². The zero-order chi connectivity index (χ0) is 23.0. The van der Waals surface area contributed by atoms with Gasteiger partial charge in [0.1, 0.15) is 17.7 Å². The molecule has 7 nitrogen and oxygen atoms in total. The van der Waals surface area contributed by atoms with Gasteiger partial charge in [-0.05, 0) is 67.8 Å². The van der Waals surface area contributed by atoms with Crippen LogP contribution in [0.25, 0.3) is 11.8 Å². The maximum atomic E-state index is 13.5. The van der Waals surface area contributed by atoms with Crippen LogP contribution in [0.1, 0.15) is 29.7 Å². The molecule has 1 fully saturated rings. The van der Waals surface area contributed by atoms with Crippen molar-refractivity contribution < 1.29 is 19.1 Å². The number of nitrogens with zero attached hydrogens (tertiary/aromatic N) is 4. The number of fused-ring (bicyclic) bond motifs is 1. The second-order valence-corrected chi connectivity index (χ2v) is 8.24. The van der Waals surface area contributed by atoms with E-state index in [0.717, 1.165) is 23.4 Å². The second-order valence-electron chi connectivity index (χ2n) is 8.24. The monoisotopic (exact) mass is 448 g/mol. The number of rotatable bonds is 5. The van der Waals surface area contributed by atoms with Gasteiger partial charge in [0.15, 0.2) is 5.84 Å². The van der Waals surface area contributed by atoms with Crippen molar-refractivity contribution in [2.45, 2.75) is 31.6 Å². The number of aliphatic hydroxyl groups is 1. The smallest absolute Gasteiger partial charge is 0.263 e. The molecule has 2 aliphatic heterocycles. The molecule has 1 saturated heterocycles. The molecule has 0 bridgehead atoms. The molecule has 0 unspecified atom stereocenters. The van der Waals surface area contributed by atoms with E-state index >= 15 is 0 Å². The lowest BCUT2D eigenvalue weighted by molar-refractivity contribution is -0.194. The summed E-state index contributed by atoms with van der Waals surface area (Å²) in [6.07, 6.45) is 8.07. The summed E-state index contributed by atoms with van der Waals surface area (Å²) in [5.74, 6) is 0.980. The number of aryl methyl sites for hydroxylation is 1. The number of amidine groups is 1. The molecule has 1 aromatic heterocycles. The van der Waals surface area contributed by atoms with E-state index < -0.39 is 11.8 Å². The van der Waals surface area contributed by atoms with Crippen LogP contribution in [0.15, 0.2) is 66.2 Å². The molecule has 0 radical (unpaired) electrons. The van der Waals surface area contributed by atoms with E-state index in [1.807, 2.05) is 52.9 Å². The summed E-state index contributed by atoms with van der Waals surface area (Å²) in [6.45, 7) is 2.60. The van der Waals surface area contributed by atoms with Crippen molar-refractivity contribution in [3.05, 3.63) is 83.7 Å². The van der Waals surface area contributed by atoms with Gasteiger partial charge in [-0.2, -0.15) is 0 Å². The number of aliphatic hydroxyl groups excluding tert-OH is 1. The van der Waals surface area contributed by atoms with E-state index in [2.05, 4.69) is 10.1 Å². The molecule has 0 saturated carbocycles. The molecule has 0 spiro atoms. The first-order valence-electron chi connectivity index (χ1n) is 10.9. The van der Waals surface area contributed by atoms with Crippen LogP contribution in [-0.4, -0.2) is 45.2 Å². The highest BCUT2D eigenvalue weighted by molar-refractivity contribution is 5.97. The first-order chi connectivity index (χ1) is 16.0. The Morgan fingerprint density at radius 3 is 2.76 bits per heavy atom. The number of halogens is 1. The van der Waals surface area contributed by atoms with Gasteiger partial charge in [0.2, 0.25) is 0 Å². The highest BCUT2D eigenvalue weighted by Gasteiger charge is 2.54. The molecule has 8 heteroatoms. The number of hydrogen-bond acceptors (Lipinski definition) is 6. The van der Waals surface area contributed by atoms with E-state index in [1.54, 1.807) is 25.6 Å². The molecular formula is C25H25FN4O3. The average Bonchev–Trinajstić information content (AvgIpc) is 3.43. The fourth-order valence-electron chi connectivity index (χ4n) is 4.49. The Morgan fingerprint density at radius 2 is 2.03 bits per heavy atom. The zero-order valence-electron chi connectivity index (χ0n) is 18.5. The summed E-state index contributed by atoms with van der Waals surface area (Å²) in [5.41, 5.74) is 2.27. The van der Waals surface area contributed by atoms with E-state index in [9.17, 15) is 9.50 Å². The van der Waals surface area contributed by atoms with Crippen molar-refractivity contribution in [2.75, 3.05) is 13.7 Å². The normalized spacial score (nSPS) is 22.2. The minimum absolute atomic E-state index is 0.339. The fourth-order valence-corrected chi connectivity index (χ4v) is 4.49. The third kappa shape index (κ3) is 3.66. The molecule has 2 atom stereocenters. The van der Waals surface area contributed by atoms with Gasteiger partial charge in [-0.25, -0.2) is 9.37 Å². The van der Waals surface area contributed by atoms with Gasteiger partial charge < -0.3 is 24.1 Å². The van der Waals surface area contributed by atoms with Gasteiger partial charge in [0.05, 0.1) is 24.8 Å². The van der Waals surface area contributed by atoms with Crippen molar-refractivity contribution in [2.24, 2.45) is 5.16 Å². The summed E-state index contributed by atoms with van der Waals surface area (Å²) in [7, 11) is 1.64. The third-order valence-corrected chi connectivity index (χ3v) is 6.14. The van der Waals surface area contributed by atoms with Crippen molar-refractivity contribution >= 4 is 11.9 Å². The van der Waals surface area contributed by atoms with Gasteiger partial charge >= 0.3 is 0 Å². The van der Waals surface area contributed by atoms with Gasteiger partial charge in [-0.1, -0.05) is 17.3 Å². The lowest BCUT2D eigenvalue weighted by atomic mass is 9.88. The van der Waals surface area contributed by atoms with Crippen LogP contribution in [0.3, 0.4) is 0 Å².